The molecule has 5 nitrogen and oxygen atoms in total. The van der Waals surface area contributed by atoms with E-state index in [1.807, 2.05) is 0 Å². The van der Waals surface area contributed by atoms with E-state index in [9.17, 15) is 4.79 Å². The Morgan fingerprint density at radius 2 is 2.26 bits per heavy atom. The highest BCUT2D eigenvalue weighted by Crippen LogP contribution is 2.16. The van der Waals surface area contributed by atoms with Crippen molar-refractivity contribution in [1.82, 2.24) is 10.2 Å². The van der Waals surface area contributed by atoms with Gasteiger partial charge in [0.15, 0.2) is 0 Å². The van der Waals surface area contributed by atoms with Crippen LogP contribution in [-0.2, 0) is 6.54 Å². The molecule has 0 radical (unpaired) electrons. The average Bonchev–Trinajstić information content (AvgIpc) is 2.88. The number of carbonyl (C=O) groups is 1. The predicted octanol–water partition coefficient (Wildman–Crippen LogP) is 1.80. The molecule has 1 aliphatic heterocycles. The van der Waals surface area contributed by atoms with Crippen LogP contribution < -0.4 is 5.32 Å². The summed E-state index contributed by atoms with van der Waals surface area (Å²) in [6, 6.07) is 1.72. The van der Waals surface area contributed by atoms with Gasteiger partial charge in [0.25, 0.3) is 0 Å². The molecule has 0 spiro atoms. The van der Waals surface area contributed by atoms with Crippen LogP contribution in [0.4, 0.5) is 0 Å². The molecule has 0 bridgehead atoms. The maximum Gasteiger partial charge on any atom is 0.372 e. The molecular formula is C14H22N2O3. The monoisotopic (exact) mass is 266 g/mol. The molecule has 2 rings (SSSR count). The molecule has 0 aliphatic carbocycles. The topological polar surface area (TPSA) is 65.7 Å². The fourth-order valence-electron chi connectivity index (χ4n) is 2.58. The second-order valence-corrected chi connectivity index (χ2v) is 5.09. The number of carboxylic acid groups (broad SMARTS) is 1. The number of hydrogen-bond donors (Lipinski definition) is 2. The number of nitrogens with one attached hydrogen (secondary N) is 1. The molecule has 19 heavy (non-hydrogen) atoms. The van der Waals surface area contributed by atoms with Crippen molar-refractivity contribution in [3.63, 3.8) is 0 Å². The van der Waals surface area contributed by atoms with Gasteiger partial charge in [-0.3, -0.25) is 0 Å². The first kappa shape index (κ1) is 14.1. The summed E-state index contributed by atoms with van der Waals surface area (Å²) in [6.07, 6.45) is 3.87. The van der Waals surface area contributed by atoms with E-state index in [4.69, 9.17) is 9.52 Å². The molecule has 0 amide bonds. The number of furan rings is 1. The second-order valence-electron chi connectivity index (χ2n) is 5.09. The van der Waals surface area contributed by atoms with E-state index in [2.05, 4.69) is 17.1 Å². The lowest BCUT2D eigenvalue weighted by Gasteiger charge is -2.31. The zero-order chi connectivity index (χ0) is 13.7. The van der Waals surface area contributed by atoms with E-state index in [1.165, 1.54) is 32.2 Å². The summed E-state index contributed by atoms with van der Waals surface area (Å²) in [5.74, 6) is -0.255. The van der Waals surface area contributed by atoms with Gasteiger partial charge in [-0.2, -0.15) is 0 Å². The van der Waals surface area contributed by atoms with Crippen molar-refractivity contribution >= 4 is 5.97 Å². The number of nitrogens with zero attached hydrogens (tertiary/aromatic N) is 1. The van der Waals surface area contributed by atoms with Gasteiger partial charge in [0.05, 0.1) is 6.26 Å². The molecule has 106 valence electrons. The maximum atomic E-state index is 10.9. The van der Waals surface area contributed by atoms with Crippen LogP contribution in [0.25, 0.3) is 0 Å². The molecule has 5 heteroatoms. The molecule has 1 fully saturated rings. The maximum absolute atomic E-state index is 10.9. The van der Waals surface area contributed by atoms with E-state index < -0.39 is 5.97 Å². The van der Waals surface area contributed by atoms with Gasteiger partial charge in [0.1, 0.15) is 0 Å². The minimum atomic E-state index is -1.00. The van der Waals surface area contributed by atoms with Gasteiger partial charge in [-0.15, -0.1) is 0 Å². The zero-order valence-corrected chi connectivity index (χ0v) is 11.4. The molecule has 1 aromatic heterocycles. The van der Waals surface area contributed by atoms with Crippen molar-refractivity contribution in [3.8, 4) is 0 Å². The Bertz CT molecular complexity index is 409. The highest BCUT2D eigenvalue weighted by atomic mass is 16.4. The standard InChI is InChI=1S/C14H22N2O3/c1-2-16-6-3-11(4-7-16)9-15-10-12-5-8-19-13(12)14(17)18/h5,8,11,15H,2-4,6-7,9-10H2,1H3,(H,17,18). The van der Waals surface area contributed by atoms with Crippen molar-refractivity contribution in [3.05, 3.63) is 23.7 Å². The third kappa shape index (κ3) is 3.81. The van der Waals surface area contributed by atoms with Crippen LogP contribution in [0.3, 0.4) is 0 Å². The molecule has 0 saturated carbocycles. The minimum absolute atomic E-state index is 0.0494. The van der Waals surface area contributed by atoms with Crippen molar-refractivity contribution in [1.29, 1.82) is 0 Å². The summed E-state index contributed by atoms with van der Waals surface area (Å²) in [7, 11) is 0. The summed E-state index contributed by atoms with van der Waals surface area (Å²) in [6.45, 7) is 7.19. The molecular weight excluding hydrogens is 244 g/mol. The Labute approximate surface area is 113 Å². The lowest BCUT2D eigenvalue weighted by Crippen LogP contribution is -2.37. The third-order valence-corrected chi connectivity index (χ3v) is 3.84. The normalized spacial score (nSPS) is 17.7. The van der Waals surface area contributed by atoms with Crippen LogP contribution in [0.15, 0.2) is 16.7 Å². The van der Waals surface area contributed by atoms with Crippen LogP contribution in [0.2, 0.25) is 0 Å². The van der Waals surface area contributed by atoms with E-state index >= 15 is 0 Å². The van der Waals surface area contributed by atoms with Crippen molar-refractivity contribution in [2.75, 3.05) is 26.2 Å². The van der Waals surface area contributed by atoms with E-state index in [0.29, 0.717) is 12.5 Å². The Morgan fingerprint density at radius 1 is 1.53 bits per heavy atom. The SMILES string of the molecule is CCN1CCC(CNCc2ccoc2C(=O)O)CC1. The predicted molar refractivity (Wildman–Crippen MR) is 72.2 cm³/mol. The van der Waals surface area contributed by atoms with Crippen LogP contribution in [0.1, 0.15) is 35.9 Å². The Balaban J connectivity index is 1.72. The number of rotatable bonds is 6. The van der Waals surface area contributed by atoms with E-state index in [1.54, 1.807) is 6.07 Å². The van der Waals surface area contributed by atoms with Gasteiger partial charge in [-0.1, -0.05) is 6.92 Å². The largest absolute Gasteiger partial charge is 0.475 e. The number of aromatic carboxylic acids is 1. The number of likely N-dealkylation sites (tertiary alicyclic amines) is 1. The minimum Gasteiger partial charge on any atom is -0.475 e. The van der Waals surface area contributed by atoms with Gasteiger partial charge < -0.3 is 19.7 Å². The van der Waals surface area contributed by atoms with Crippen LogP contribution in [-0.4, -0.2) is 42.2 Å². The molecule has 0 unspecified atom stereocenters. The van der Waals surface area contributed by atoms with Gasteiger partial charge in [0, 0.05) is 12.1 Å². The third-order valence-electron chi connectivity index (χ3n) is 3.84. The summed E-state index contributed by atoms with van der Waals surface area (Å²) >= 11 is 0. The first-order valence-electron chi connectivity index (χ1n) is 6.93. The average molecular weight is 266 g/mol. The summed E-state index contributed by atoms with van der Waals surface area (Å²) in [4.78, 5) is 13.4. The van der Waals surface area contributed by atoms with Gasteiger partial charge in [-0.05, 0) is 51.0 Å². The van der Waals surface area contributed by atoms with Crippen LogP contribution in [0, 0.1) is 5.92 Å². The highest BCUT2D eigenvalue weighted by Gasteiger charge is 2.18. The molecule has 1 aromatic rings. The van der Waals surface area contributed by atoms with Crippen molar-refractivity contribution in [2.45, 2.75) is 26.3 Å². The molecule has 0 aromatic carbocycles. The first-order valence-corrected chi connectivity index (χ1v) is 6.93. The molecule has 1 saturated heterocycles. The first-order chi connectivity index (χ1) is 9.20. The molecule has 2 N–H and O–H groups in total. The number of carboxylic acids is 1. The summed E-state index contributed by atoms with van der Waals surface area (Å²) < 4.78 is 4.95. The lowest BCUT2D eigenvalue weighted by atomic mass is 9.97. The lowest BCUT2D eigenvalue weighted by molar-refractivity contribution is 0.0660. The van der Waals surface area contributed by atoms with Crippen LogP contribution in [0.5, 0.6) is 0 Å². The Morgan fingerprint density at radius 3 is 2.89 bits per heavy atom. The smallest absolute Gasteiger partial charge is 0.372 e. The second kappa shape index (κ2) is 6.73. The summed E-state index contributed by atoms with van der Waals surface area (Å²) in [5, 5.41) is 12.3. The van der Waals surface area contributed by atoms with Crippen LogP contribution >= 0.6 is 0 Å². The molecule has 2 heterocycles. The highest BCUT2D eigenvalue weighted by molar-refractivity contribution is 5.86. The van der Waals surface area contributed by atoms with Gasteiger partial charge in [-0.25, -0.2) is 4.79 Å². The van der Waals surface area contributed by atoms with Crippen molar-refractivity contribution < 1.29 is 14.3 Å². The number of piperidine rings is 1. The summed E-state index contributed by atoms with van der Waals surface area (Å²) in [5.41, 5.74) is 0.721. The molecule has 1 aliphatic rings. The zero-order valence-electron chi connectivity index (χ0n) is 11.4. The van der Waals surface area contributed by atoms with E-state index in [-0.39, 0.29) is 5.76 Å². The fraction of sp³-hybridized carbons (Fsp3) is 0.643. The Kier molecular flexibility index (Phi) is 4.99. The van der Waals surface area contributed by atoms with Crippen molar-refractivity contribution in [2.24, 2.45) is 5.92 Å². The van der Waals surface area contributed by atoms with Gasteiger partial charge >= 0.3 is 5.97 Å². The number of hydrogen-bond acceptors (Lipinski definition) is 4. The van der Waals surface area contributed by atoms with Gasteiger partial charge in [0.2, 0.25) is 5.76 Å². The Hall–Kier alpha value is -1.33. The quantitative estimate of drug-likeness (QED) is 0.822. The van der Waals surface area contributed by atoms with E-state index in [0.717, 1.165) is 18.7 Å². The molecule has 0 atom stereocenters. The fourth-order valence-corrected chi connectivity index (χ4v) is 2.58.